The number of rotatable bonds is 5. The van der Waals surface area contributed by atoms with Crippen LogP contribution in [0.15, 0.2) is 28.8 Å². The van der Waals surface area contributed by atoms with Crippen LogP contribution in [0.1, 0.15) is 29.8 Å². The summed E-state index contributed by atoms with van der Waals surface area (Å²) in [6, 6.07) is 8.34. The van der Waals surface area contributed by atoms with Crippen LogP contribution in [0.2, 0.25) is 0 Å². The van der Waals surface area contributed by atoms with Crippen LogP contribution in [0, 0.1) is 6.92 Å². The van der Waals surface area contributed by atoms with Gasteiger partial charge in [0.25, 0.3) is 0 Å². The highest BCUT2D eigenvalue weighted by Crippen LogP contribution is 2.09. The first-order chi connectivity index (χ1) is 8.28. The highest BCUT2D eigenvalue weighted by Gasteiger charge is 2.06. The van der Waals surface area contributed by atoms with E-state index in [4.69, 9.17) is 4.52 Å². The van der Waals surface area contributed by atoms with Crippen LogP contribution in [0.25, 0.3) is 0 Å². The predicted molar refractivity (Wildman–Crippen MR) is 65.7 cm³/mol. The fourth-order valence-electron chi connectivity index (χ4n) is 1.67. The van der Waals surface area contributed by atoms with Crippen molar-refractivity contribution in [3.05, 3.63) is 47.1 Å². The number of benzene rings is 1. The molecule has 2 aromatic rings. The van der Waals surface area contributed by atoms with Crippen LogP contribution in [0.3, 0.4) is 0 Å². The minimum Gasteiger partial charge on any atom is -0.338 e. The van der Waals surface area contributed by atoms with Gasteiger partial charge in [-0.05, 0) is 19.0 Å². The first-order valence-electron chi connectivity index (χ1n) is 5.85. The third-order valence-corrected chi connectivity index (χ3v) is 2.48. The van der Waals surface area contributed by atoms with E-state index >= 15 is 0 Å². The number of hydrogen-bond donors (Lipinski definition) is 1. The van der Waals surface area contributed by atoms with E-state index in [1.165, 1.54) is 11.1 Å². The van der Waals surface area contributed by atoms with Gasteiger partial charge in [0.2, 0.25) is 5.89 Å². The second-order valence-electron chi connectivity index (χ2n) is 4.05. The Hall–Kier alpha value is -1.68. The molecule has 1 heterocycles. The molecule has 0 radical (unpaired) electrons. The summed E-state index contributed by atoms with van der Waals surface area (Å²) in [5.41, 5.74) is 2.46. The van der Waals surface area contributed by atoms with Crippen molar-refractivity contribution in [2.45, 2.75) is 26.8 Å². The second kappa shape index (κ2) is 5.59. The van der Waals surface area contributed by atoms with Gasteiger partial charge in [-0.15, -0.1) is 0 Å². The molecule has 1 aromatic carbocycles. The zero-order valence-corrected chi connectivity index (χ0v) is 10.2. The fraction of sp³-hybridized carbons (Fsp3) is 0.385. The van der Waals surface area contributed by atoms with Crippen molar-refractivity contribution in [3.8, 4) is 0 Å². The molecule has 0 saturated carbocycles. The molecule has 0 fully saturated rings. The summed E-state index contributed by atoms with van der Waals surface area (Å²) in [5.74, 6) is 1.39. The third kappa shape index (κ3) is 3.39. The molecule has 0 aliphatic carbocycles. The number of nitrogens with zero attached hydrogens (tertiary/aromatic N) is 2. The lowest BCUT2D eigenvalue weighted by atomic mass is 10.1. The monoisotopic (exact) mass is 231 g/mol. The van der Waals surface area contributed by atoms with Crippen molar-refractivity contribution in [3.63, 3.8) is 0 Å². The van der Waals surface area contributed by atoms with E-state index in [1.807, 2.05) is 13.0 Å². The molecule has 1 aromatic heterocycles. The Kier molecular flexibility index (Phi) is 3.88. The summed E-state index contributed by atoms with van der Waals surface area (Å²) in [5, 5.41) is 7.12. The topological polar surface area (TPSA) is 51.0 Å². The van der Waals surface area contributed by atoms with Gasteiger partial charge in [0, 0.05) is 6.42 Å². The summed E-state index contributed by atoms with van der Waals surface area (Å²) < 4.78 is 5.15. The Bertz CT molecular complexity index is 479. The van der Waals surface area contributed by atoms with E-state index in [0.29, 0.717) is 12.4 Å². The fourth-order valence-corrected chi connectivity index (χ4v) is 1.67. The van der Waals surface area contributed by atoms with Crippen molar-refractivity contribution in [1.29, 1.82) is 0 Å². The van der Waals surface area contributed by atoms with E-state index in [1.54, 1.807) is 0 Å². The van der Waals surface area contributed by atoms with Gasteiger partial charge in [-0.3, -0.25) is 0 Å². The molecule has 90 valence electrons. The van der Waals surface area contributed by atoms with Crippen molar-refractivity contribution >= 4 is 0 Å². The minimum atomic E-state index is 0.636. The Morgan fingerprint density at radius 3 is 3.00 bits per heavy atom. The average molecular weight is 231 g/mol. The maximum Gasteiger partial charge on any atom is 0.240 e. The quantitative estimate of drug-likeness (QED) is 0.856. The maximum atomic E-state index is 5.15. The number of aromatic nitrogens is 2. The van der Waals surface area contributed by atoms with Crippen molar-refractivity contribution < 1.29 is 4.52 Å². The van der Waals surface area contributed by atoms with Gasteiger partial charge in [-0.2, -0.15) is 4.98 Å². The molecule has 4 nitrogen and oxygen atoms in total. The standard InChI is InChI=1S/C13H17N3O/c1-3-14-9-13-15-12(16-17-13)8-11-6-4-5-10(2)7-11/h4-7,14H,3,8-9H2,1-2H3. The summed E-state index contributed by atoms with van der Waals surface area (Å²) >= 11 is 0. The number of aryl methyl sites for hydroxylation is 1. The van der Waals surface area contributed by atoms with Crippen molar-refractivity contribution in [2.75, 3.05) is 6.54 Å². The minimum absolute atomic E-state index is 0.636. The number of nitrogens with one attached hydrogen (secondary N) is 1. The summed E-state index contributed by atoms with van der Waals surface area (Å²) in [4.78, 5) is 4.33. The van der Waals surface area contributed by atoms with Crippen LogP contribution in [0.4, 0.5) is 0 Å². The van der Waals surface area contributed by atoms with Crippen LogP contribution >= 0.6 is 0 Å². The van der Waals surface area contributed by atoms with Crippen LogP contribution in [-0.2, 0) is 13.0 Å². The summed E-state index contributed by atoms with van der Waals surface area (Å²) in [6.45, 7) is 5.66. The molecular weight excluding hydrogens is 214 g/mol. The molecule has 2 rings (SSSR count). The molecule has 1 N–H and O–H groups in total. The van der Waals surface area contributed by atoms with Crippen LogP contribution in [-0.4, -0.2) is 16.7 Å². The van der Waals surface area contributed by atoms with E-state index in [0.717, 1.165) is 18.8 Å². The molecule has 0 saturated heterocycles. The maximum absolute atomic E-state index is 5.15. The largest absolute Gasteiger partial charge is 0.338 e. The molecule has 0 atom stereocenters. The average Bonchev–Trinajstić information content (AvgIpc) is 2.74. The highest BCUT2D eigenvalue weighted by atomic mass is 16.5. The predicted octanol–water partition coefficient (Wildman–Crippen LogP) is 2.08. The van der Waals surface area contributed by atoms with Gasteiger partial charge < -0.3 is 9.84 Å². The molecule has 4 heteroatoms. The summed E-state index contributed by atoms with van der Waals surface area (Å²) in [7, 11) is 0. The first kappa shape index (κ1) is 11.8. The molecule has 0 aliphatic heterocycles. The van der Waals surface area contributed by atoms with Crippen LogP contribution < -0.4 is 5.32 Å². The Morgan fingerprint density at radius 1 is 1.35 bits per heavy atom. The lowest BCUT2D eigenvalue weighted by Crippen LogP contribution is -2.11. The zero-order valence-electron chi connectivity index (χ0n) is 10.2. The van der Waals surface area contributed by atoms with E-state index in [9.17, 15) is 0 Å². The van der Waals surface area contributed by atoms with Gasteiger partial charge in [0.15, 0.2) is 5.82 Å². The molecule has 17 heavy (non-hydrogen) atoms. The SMILES string of the molecule is CCNCc1nc(Cc2cccc(C)c2)no1. The Morgan fingerprint density at radius 2 is 2.24 bits per heavy atom. The van der Waals surface area contributed by atoms with E-state index in [-0.39, 0.29) is 0 Å². The molecule has 0 aliphatic rings. The number of hydrogen-bond acceptors (Lipinski definition) is 4. The van der Waals surface area contributed by atoms with E-state index < -0.39 is 0 Å². The van der Waals surface area contributed by atoms with Crippen molar-refractivity contribution in [1.82, 2.24) is 15.5 Å². The van der Waals surface area contributed by atoms with Gasteiger partial charge in [0.1, 0.15) is 0 Å². The molecule has 0 bridgehead atoms. The first-order valence-corrected chi connectivity index (χ1v) is 5.85. The van der Waals surface area contributed by atoms with Crippen molar-refractivity contribution in [2.24, 2.45) is 0 Å². The van der Waals surface area contributed by atoms with Gasteiger partial charge in [-0.25, -0.2) is 0 Å². The lowest BCUT2D eigenvalue weighted by molar-refractivity contribution is 0.365. The van der Waals surface area contributed by atoms with Gasteiger partial charge >= 0.3 is 0 Å². The van der Waals surface area contributed by atoms with Gasteiger partial charge in [0.05, 0.1) is 6.54 Å². The zero-order chi connectivity index (χ0) is 12.1. The normalized spacial score (nSPS) is 10.7. The third-order valence-electron chi connectivity index (χ3n) is 2.48. The molecule has 0 spiro atoms. The highest BCUT2D eigenvalue weighted by molar-refractivity contribution is 5.24. The molecular formula is C13H17N3O. The second-order valence-corrected chi connectivity index (χ2v) is 4.05. The Labute approximate surface area is 101 Å². The van der Waals surface area contributed by atoms with E-state index in [2.05, 4.69) is 40.6 Å². The molecule has 0 unspecified atom stereocenters. The van der Waals surface area contributed by atoms with Gasteiger partial charge in [-0.1, -0.05) is 41.9 Å². The lowest BCUT2D eigenvalue weighted by Gasteiger charge is -1.97. The Balaban J connectivity index is 2.01. The smallest absolute Gasteiger partial charge is 0.240 e. The molecule has 0 amide bonds. The summed E-state index contributed by atoms with van der Waals surface area (Å²) in [6.07, 6.45) is 0.720. The van der Waals surface area contributed by atoms with Crippen LogP contribution in [0.5, 0.6) is 0 Å².